The minimum atomic E-state index is -0.902. The maximum absolute atomic E-state index is 12.5. The molecule has 0 aliphatic heterocycles. The second-order valence-corrected chi connectivity index (χ2v) is 6.38. The number of hydrogen-bond acceptors (Lipinski definition) is 2. The molecule has 0 unspecified atom stereocenters. The summed E-state index contributed by atoms with van der Waals surface area (Å²) in [6, 6.07) is 20.8. The van der Waals surface area contributed by atoms with E-state index in [4.69, 9.17) is 23.2 Å². The lowest BCUT2D eigenvalue weighted by Crippen LogP contribution is -2.14. The van der Waals surface area contributed by atoms with Crippen LogP contribution in [0.3, 0.4) is 0 Å². The number of amides is 1. The Hall–Kier alpha value is -2.33. The summed E-state index contributed by atoms with van der Waals surface area (Å²) in [7, 11) is 0. The van der Waals surface area contributed by atoms with Crippen LogP contribution >= 0.6 is 23.2 Å². The maximum Gasteiger partial charge on any atom is 0.255 e. The summed E-state index contributed by atoms with van der Waals surface area (Å²) >= 11 is 11.9. The predicted octanol–water partition coefficient (Wildman–Crippen LogP) is 5.33. The molecule has 0 aliphatic rings. The standard InChI is InChI=1S/C20H15Cl2NO2/c21-15-8-6-14(7-9-15)20(25)23-18-11-10-16(22)12-17(18)19(24)13-4-2-1-3-5-13/h1-12,19,24H,(H,23,25)/t19-/m1/s1. The molecule has 0 saturated carbocycles. The summed E-state index contributed by atoms with van der Waals surface area (Å²) in [5, 5.41) is 14.6. The molecule has 0 spiro atoms. The number of halogens is 2. The second-order valence-electron chi connectivity index (χ2n) is 5.51. The molecule has 0 saturated heterocycles. The highest BCUT2D eigenvalue weighted by Gasteiger charge is 2.17. The number of rotatable bonds is 4. The molecule has 0 aromatic heterocycles. The first-order valence-corrected chi connectivity index (χ1v) is 8.39. The molecule has 0 heterocycles. The number of benzene rings is 3. The summed E-state index contributed by atoms with van der Waals surface area (Å²) in [5.74, 6) is -0.291. The summed E-state index contributed by atoms with van der Waals surface area (Å²) in [5.41, 5.74) is 2.22. The Labute approximate surface area is 155 Å². The largest absolute Gasteiger partial charge is 0.384 e. The number of aliphatic hydroxyl groups is 1. The van der Waals surface area contributed by atoms with Gasteiger partial charge in [-0.25, -0.2) is 0 Å². The van der Waals surface area contributed by atoms with Crippen LogP contribution in [0, 0.1) is 0 Å². The minimum absolute atomic E-state index is 0.291. The van der Waals surface area contributed by atoms with Crippen LogP contribution in [-0.2, 0) is 0 Å². The van der Waals surface area contributed by atoms with Gasteiger partial charge < -0.3 is 10.4 Å². The Bertz CT molecular complexity index is 880. The van der Waals surface area contributed by atoms with Crippen molar-refractivity contribution in [1.29, 1.82) is 0 Å². The van der Waals surface area contributed by atoms with Crippen LogP contribution in [0.1, 0.15) is 27.6 Å². The molecule has 3 aromatic rings. The van der Waals surface area contributed by atoms with Gasteiger partial charge in [0.2, 0.25) is 0 Å². The van der Waals surface area contributed by atoms with Crippen LogP contribution in [0.15, 0.2) is 72.8 Å². The zero-order valence-corrected chi connectivity index (χ0v) is 14.6. The summed E-state index contributed by atoms with van der Waals surface area (Å²) in [6.45, 7) is 0. The average Bonchev–Trinajstić information content (AvgIpc) is 2.64. The molecule has 0 bridgehead atoms. The fraction of sp³-hybridized carbons (Fsp3) is 0.0500. The topological polar surface area (TPSA) is 49.3 Å². The molecule has 126 valence electrons. The van der Waals surface area contributed by atoms with E-state index < -0.39 is 6.10 Å². The zero-order valence-electron chi connectivity index (χ0n) is 13.1. The van der Waals surface area contributed by atoms with E-state index in [1.807, 2.05) is 30.3 Å². The second kappa shape index (κ2) is 7.70. The van der Waals surface area contributed by atoms with Gasteiger partial charge in [0.05, 0.1) is 0 Å². The number of hydrogen-bond donors (Lipinski definition) is 2. The molecular weight excluding hydrogens is 357 g/mol. The summed E-state index contributed by atoms with van der Waals surface area (Å²) in [4.78, 5) is 12.5. The molecule has 3 rings (SSSR count). The molecule has 5 heteroatoms. The van der Waals surface area contributed by atoms with E-state index in [9.17, 15) is 9.90 Å². The molecule has 3 nitrogen and oxygen atoms in total. The lowest BCUT2D eigenvalue weighted by molar-refractivity contribution is 0.102. The van der Waals surface area contributed by atoms with Crippen LogP contribution in [0.4, 0.5) is 5.69 Å². The van der Waals surface area contributed by atoms with Crippen LogP contribution in [0.2, 0.25) is 10.0 Å². The smallest absolute Gasteiger partial charge is 0.255 e. The molecule has 0 fully saturated rings. The van der Waals surface area contributed by atoms with Gasteiger partial charge in [0.25, 0.3) is 5.91 Å². The zero-order chi connectivity index (χ0) is 17.8. The lowest BCUT2D eigenvalue weighted by atomic mass is 9.99. The maximum atomic E-state index is 12.5. The van der Waals surface area contributed by atoms with E-state index in [0.717, 1.165) is 0 Å². The highest BCUT2D eigenvalue weighted by molar-refractivity contribution is 6.31. The van der Waals surface area contributed by atoms with Crippen molar-refractivity contribution in [3.8, 4) is 0 Å². The molecule has 1 atom stereocenters. The number of anilines is 1. The van der Waals surface area contributed by atoms with E-state index in [2.05, 4.69) is 5.32 Å². The third-order valence-electron chi connectivity index (χ3n) is 3.78. The van der Waals surface area contributed by atoms with E-state index in [-0.39, 0.29) is 5.91 Å². The van der Waals surface area contributed by atoms with Gasteiger partial charge in [0.15, 0.2) is 0 Å². The quantitative estimate of drug-likeness (QED) is 0.651. The lowest BCUT2D eigenvalue weighted by Gasteiger charge is -2.17. The third kappa shape index (κ3) is 4.20. The number of carbonyl (C=O) groups is 1. The fourth-order valence-corrected chi connectivity index (χ4v) is 2.79. The van der Waals surface area contributed by atoms with Crippen molar-refractivity contribution in [2.75, 3.05) is 5.32 Å². The Kier molecular flexibility index (Phi) is 5.39. The number of carbonyl (C=O) groups excluding carboxylic acids is 1. The molecule has 1 amide bonds. The Morgan fingerprint density at radius 2 is 1.52 bits per heavy atom. The fourth-order valence-electron chi connectivity index (χ4n) is 2.48. The van der Waals surface area contributed by atoms with Crippen molar-refractivity contribution in [3.05, 3.63) is 99.5 Å². The van der Waals surface area contributed by atoms with E-state index in [1.165, 1.54) is 0 Å². The van der Waals surface area contributed by atoms with Crippen molar-refractivity contribution in [1.82, 2.24) is 0 Å². The van der Waals surface area contributed by atoms with Crippen molar-refractivity contribution in [3.63, 3.8) is 0 Å². The molecular formula is C20H15Cl2NO2. The average molecular weight is 372 g/mol. The monoisotopic (exact) mass is 371 g/mol. The van der Waals surface area contributed by atoms with Gasteiger partial charge in [-0.15, -0.1) is 0 Å². The van der Waals surface area contributed by atoms with Crippen LogP contribution in [0.25, 0.3) is 0 Å². The molecule has 2 N–H and O–H groups in total. The highest BCUT2D eigenvalue weighted by atomic mass is 35.5. The predicted molar refractivity (Wildman–Crippen MR) is 101 cm³/mol. The molecule has 0 aliphatic carbocycles. The van der Waals surface area contributed by atoms with Gasteiger partial charge in [-0.3, -0.25) is 4.79 Å². The first kappa shape index (κ1) is 17.5. The van der Waals surface area contributed by atoms with Gasteiger partial charge in [0.1, 0.15) is 6.10 Å². The van der Waals surface area contributed by atoms with Gasteiger partial charge in [-0.05, 0) is 48.0 Å². The number of aliphatic hydroxyl groups excluding tert-OH is 1. The van der Waals surface area contributed by atoms with E-state index in [0.29, 0.717) is 32.4 Å². The van der Waals surface area contributed by atoms with Crippen LogP contribution in [-0.4, -0.2) is 11.0 Å². The van der Waals surface area contributed by atoms with Crippen molar-refractivity contribution < 1.29 is 9.90 Å². The van der Waals surface area contributed by atoms with Crippen molar-refractivity contribution in [2.45, 2.75) is 6.10 Å². The van der Waals surface area contributed by atoms with Gasteiger partial charge in [-0.1, -0.05) is 53.5 Å². The van der Waals surface area contributed by atoms with Crippen molar-refractivity contribution in [2.24, 2.45) is 0 Å². The summed E-state index contributed by atoms with van der Waals surface area (Å²) in [6.07, 6.45) is -0.902. The normalized spacial score (nSPS) is 11.8. The Morgan fingerprint density at radius 3 is 2.20 bits per heavy atom. The SMILES string of the molecule is O=C(Nc1ccc(Cl)cc1[C@H](O)c1ccccc1)c1ccc(Cl)cc1. The van der Waals surface area contributed by atoms with E-state index in [1.54, 1.807) is 42.5 Å². The van der Waals surface area contributed by atoms with Gasteiger partial charge in [0, 0.05) is 26.9 Å². The first-order valence-electron chi connectivity index (χ1n) is 7.64. The summed E-state index contributed by atoms with van der Waals surface area (Å²) < 4.78 is 0. The Morgan fingerprint density at radius 1 is 0.880 bits per heavy atom. The molecule has 3 aromatic carbocycles. The van der Waals surface area contributed by atoms with Gasteiger partial charge in [-0.2, -0.15) is 0 Å². The molecule has 0 radical (unpaired) electrons. The number of nitrogens with one attached hydrogen (secondary N) is 1. The van der Waals surface area contributed by atoms with E-state index >= 15 is 0 Å². The van der Waals surface area contributed by atoms with Crippen molar-refractivity contribution >= 4 is 34.8 Å². The van der Waals surface area contributed by atoms with Crippen LogP contribution < -0.4 is 5.32 Å². The van der Waals surface area contributed by atoms with Gasteiger partial charge >= 0.3 is 0 Å². The van der Waals surface area contributed by atoms with Crippen LogP contribution in [0.5, 0.6) is 0 Å². The first-order chi connectivity index (χ1) is 12.0. The minimum Gasteiger partial charge on any atom is -0.384 e. The highest BCUT2D eigenvalue weighted by Crippen LogP contribution is 2.31. The molecule has 25 heavy (non-hydrogen) atoms. The Balaban J connectivity index is 1.91. The third-order valence-corrected chi connectivity index (χ3v) is 4.27.